The monoisotopic (exact) mass is 230 g/mol. The van der Waals surface area contributed by atoms with E-state index < -0.39 is 0 Å². The maximum absolute atomic E-state index is 11.4. The Bertz CT molecular complexity index is 324. The number of hydrogen-bond acceptors (Lipinski definition) is 5. The van der Waals surface area contributed by atoms with Crippen molar-refractivity contribution in [2.75, 3.05) is 0 Å². The number of thiocarbonyl (C=S) groups is 1. The van der Waals surface area contributed by atoms with Crippen LogP contribution < -0.4 is 11.1 Å². The topological polar surface area (TPSA) is 80.9 Å². The third-order valence-corrected chi connectivity index (χ3v) is 2.30. The van der Waals surface area contributed by atoms with Crippen molar-refractivity contribution in [2.24, 2.45) is 5.73 Å². The molecule has 0 aliphatic carbocycles. The van der Waals surface area contributed by atoms with Gasteiger partial charge in [-0.15, -0.1) is 5.10 Å². The van der Waals surface area contributed by atoms with Crippen molar-refractivity contribution in [3.05, 3.63) is 11.1 Å². The quantitative estimate of drug-likeness (QED) is 0.729. The SMILES string of the molecule is CC(CC(N)=S)NC(=O)c1cnns1. The van der Waals surface area contributed by atoms with Crippen molar-refractivity contribution in [1.82, 2.24) is 14.9 Å². The maximum Gasteiger partial charge on any atom is 0.264 e. The zero-order valence-corrected chi connectivity index (χ0v) is 9.19. The molecule has 1 rings (SSSR count). The van der Waals surface area contributed by atoms with Gasteiger partial charge in [-0.3, -0.25) is 4.79 Å². The number of rotatable bonds is 4. The molecule has 1 aromatic rings. The second-order valence-electron chi connectivity index (χ2n) is 2.83. The van der Waals surface area contributed by atoms with Crippen LogP contribution in [0, 0.1) is 0 Å². The minimum Gasteiger partial charge on any atom is -0.393 e. The lowest BCUT2D eigenvalue weighted by Crippen LogP contribution is -2.34. The van der Waals surface area contributed by atoms with Gasteiger partial charge in [-0.25, -0.2) is 0 Å². The molecule has 14 heavy (non-hydrogen) atoms. The highest BCUT2D eigenvalue weighted by molar-refractivity contribution is 7.80. The van der Waals surface area contributed by atoms with Crippen molar-refractivity contribution in [1.29, 1.82) is 0 Å². The summed E-state index contributed by atoms with van der Waals surface area (Å²) >= 11 is 5.78. The summed E-state index contributed by atoms with van der Waals surface area (Å²) in [5.41, 5.74) is 5.35. The Balaban J connectivity index is 2.45. The lowest BCUT2D eigenvalue weighted by Gasteiger charge is -2.11. The summed E-state index contributed by atoms with van der Waals surface area (Å²) in [6.07, 6.45) is 1.92. The third kappa shape index (κ3) is 3.35. The fraction of sp³-hybridized carbons (Fsp3) is 0.429. The molecule has 76 valence electrons. The third-order valence-electron chi connectivity index (χ3n) is 1.47. The standard InChI is InChI=1S/C7H10N4OS2/c1-4(2-6(8)13)10-7(12)5-3-9-11-14-5/h3-4H,2H2,1H3,(H2,8,13)(H,10,12). The molecule has 0 aliphatic rings. The average Bonchev–Trinajstić information content (AvgIpc) is 2.53. The number of nitrogens with two attached hydrogens (primary N) is 1. The van der Waals surface area contributed by atoms with Crippen molar-refractivity contribution in [3.63, 3.8) is 0 Å². The van der Waals surface area contributed by atoms with E-state index >= 15 is 0 Å². The number of aromatic nitrogens is 2. The van der Waals surface area contributed by atoms with E-state index in [2.05, 4.69) is 14.9 Å². The van der Waals surface area contributed by atoms with E-state index in [1.165, 1.54) is 6.20 Å². The summed E-state index contributed by atoms with van der Waals surface area (Å²) in [5, 5.41) is 6.31. The van der Waals surface area contributed by atoms with Crippen LogP contribution in [0.3, 0.4) is 0 Å². The van der Waals surface area contributed by atoms with E-state index in [1.54, 1.807) is 0 Å². The van der Waals surface area contributed by atoms with E-state index in [-0.39, 0.29) is 11.9 Å². The highest BCUT2D eigenvalue weighted by atomic mass is 32.1. The second-order valence-corrected chi connectivity index (χ2v) is 4.14. The molecule has 1 amide bonds. The van der Waals surface area contributed by atoms with Crippen molar-refractivity contribution >= 4 is 34.6 Å². The first-order chi connectivity index (χ1) is 6.59. The van der Waals surface area contributed by atoms with Gasteiger partial charge in [-0.05, 0) is 18.5 Å². The summed E-state index contributed by atoms with van der Waals surface area (Å²) in [7, 11) is 0. The van der Waals surface area contributed by atoms with Gasteiger partial charge < -0.3 is 11.1 Å². The highest BCUT2D eigenvalue weighted by Gasteiger charge is 2.11. The maximum atomic E-state index is 11.4. The lowest BCUT2D eigenvalue weighted by atomic mass is 10.2. The fourth-order valence-corrected chi connectivity index (χ4v) is 1.58. The molecule has 0 saturated carbocycles. The van der Waals surface area contributed by atoms with Gasteiger partial charge >= 0.3 is 0 Å². The van der Waals surface area contributed by atoms with Gasteiger partial charge in [0.1, 0.15) is 4.88 Å². The second kappa shape index (κ2) is 4.97. The Morgan fingerprint density at radius 3 is 3.07 bits per heavy atom. The largest absolute Gasteiger partial charge is 0.393 e. The molecule has 5 nitrogen and oxygen atoms in total. The Hall–Kier alpha value is -1.08. The van der Waals surface area contributed by atoms with Gasteiger partial charge in [0.2, 0.25) is 0 Å². The zero-order valence-electron chi connectivity index (χ0n) is 7.56. The normalized spacial score (nSPS) is 12.1. The minimum atomic E-state index is -0.191. The minimum absolute atomic E-state index is 0.0675. The van der Waals surface area contributed by atoms with Gasteiger partial charge in [0.15, 0.2) is 0 Å². The Morgan fingerprint density at radius 2 is 2.57 bits per heavy atom. The summed E-state index contributed by atoms with van der Waals surface area (Å²) in [6.45, 7) is 1.84. The molecule has 3 N–H and O–H groups in total. The van der Waals surface area contributed by atoms with E-state index in [0.717, 1.165) is 11.5 Å². The van der Waals surface area contributed by atoms with E-state index in [0.29, 0.717) is 16.3 Å². The Kier molecular flexibility index (Phi) is 3.90. The molecule has 1 atom stereocenters. The number of hydrogen-bond donors (Lipinski definition) is 2. The van der Waals surface area contributed by atoms with Crippen LogP contribution in [0.4, 0.5) is 0 Å². The van der Waals surface area contributed by atoms with Crippen LogP contribution in [-0.2, 0) is 0 Å². The predicted molar refractivity (Wildman–Crippen MR) is 58.2 cm³/mol. The molecule has 1 unspecified atom stereocenters. The van der Waals surface area contributed by atoms with E-state index in [4.69, 9.17) is 18.0 Å². The van der Waals surface area contributed by atoms with Crippen molar-refractivity contribution in [3.8, 4) is 0 Å². The molecule has 1 aromatic heterocycles. The fourth-order valence-electron chi connectivity index (χ4n) is 0.915. The summed E-state index contributed by atoms with van der Waals surface area (Å²) < 4.78 is 3.59. The highest BCUT2D eigenvalue weighted by Crippen LogP contribution is 2.02. The molecule has 0 saturated heterocycles. The molecule has 0 aliphatic heterocycles. The van der Waals surface area contributed by atoms with Gasteiger partial charge in [0.25, 0.3) is 5.91 Å². The van der Waals surface area contributed by atoms with Crippen molar-refractivity contribution in [2.45, 2.75) is 19.4 Å². The number of nitrogens with zero attached hydrogens (tertiary/aromatic N) is 2. The van der Waals surface area contributed by atoms with Crippen LogP contribution in [0.25, 0.3) is 0 Å². The van der Waals surface area contributed by atoms with E-state index in [9.17, 15) is 4.79 Å². The number of carbonyl (C=O) groups is 1. The molecule has 7 heteroatoms. The number of carbonyl (C=O) groups excluding carboxylic acids is 1. The molecule has 1 heterocycles. The molecular weight excluding hydrogens is 220 g/mol. The van der Waals surface area contributed by atoms with Crippen LogP contribution in [0.5, 0.6) is 0 Å². The van der Waals surface area contributed by atoms with Crippen LogP contribution >= 0.6 is 23.8 Å². The summed E-state index contributed by atoms with van der Waals surface area (Å²) in [5.74, 6) is -0.191. The molecule has 0 radical (unpaired) electrons. The van der Waals surface area contributed by atoms with Crippen LogP contribution in [0.15, 0.2) is 6.20 Å². The first kappa shape index (κ1) is 11.0. The summed E-state index contributed by atoms with van der Waals surface area (Å²) in [6, 6.07) is -0.0675. The molecule has 0 spiro atoms. The average molecular weight is 230 g/mol. The van der Waals surface area contributed by atoms with Gasteiger partial charge in [-0.1, -0.05) is 16.7 Å². The molecule has 0 fully saturated rings. The lowest BCUT2D eigenvalue weighted by molar-refractivity contribution is 0.0945. The van der Waals surface area contributed by atoms with Gasteiger partial charge in [0, 0.05) is 12.5 Å². The number of nitrogens with one attached hydrogen (secondary N) is 1. The zero-order chi connectivity index (χ0) is 10.6. The first-order valence-electron chi connectivity index (χ1n) is 3.96. The van der Waals surface area contributed by atoms with Crippen LogP contribution in [-0.4, -0.2) is 26.5 Å². The number of amides is 1. The molecule has 0 aromatic carbocycles. The Labute approximate surface area is 90.9 Å². The molecular formula is C7H10N4OS2. The predicted octanol–water partition coefficient (Wildman–Crippen LogP) is 0.333. The smallest absolute Gasteiger partial charge is 0.264 e. The Morgan fingerprint density at radius 1 is 1.86 bits per heavy atom. The van der Waals surface area contributed by atoms with Gasteiger partial charge in [0.05, 0.1) is 11.2 Å². The van der Waals surface area contributed by atoms with E-state index in [1.807, 2.05) is 6.92 Å². The van der Waals surface area contributed by atoms with Gasteiger partial charge in [-0.2, -0.15) is 0 Å². The van der Waals surface area contributed by atoms with Crippen LogP contribution in [0.1, 0.15) is 23.0 Å². The summed E-state index contributed by atoms with van der Waals surface area (Å²) in [4.78, 5) is 12.3. The molecule has 0 bridgehead atoms. The van der Waals surface area contributed by atoms with Crippen molar-refractivity contribution < 1.29 is 4.79 Å². The van der Waals surface area contributed by atoms with Crippen LogP contribution in [0.2, 0.25) is 0 Å². The first-order valence-corrected chi connectivity index (χ1v) is 5.14.